The average molecular weight is 325 g/mol. The molecule has 2 heterocycles. The Kier molecular flexibility index (Phi) is 5.68. The summed E-state index contributed by atoms with van der Waals surface area (Å²) in [7, 11) is 0. The normalized spacial score (nSPS) is 23.0. The van der Waals surface area contributed by atoms with Gasteiger partial charge in [-0.2, -0.15) is 0 Å². The minimum atomic E-state index is -2.66. The van der Waals surface area contributed by atoms with Crippen molar-refractivity contribution in [3.8, 4) is 0 Å². The molecule has 6 heteroatoms. The topological polar surface area (TPSA) is 45.2 Å². The van der Waals surface area contributed by atoms with E-state index in [1.54, 1.807) is 6.20 Å². The zero-order chi connectivity index (χ0) is 17.0. The number of aromatic nitrogens is 1. The Morgan fingerprint density at radius 3 is 2.78 bits per heavy atom. The second kappa shape index (κ2) is 7.34. The summed E-state index contributed by atoms with van der Waals surface area (Å²) in [4.78, 5) is 18.7. The molecule has 1 aromatic rings. The van der Waals surface area contributed by atoms with Crippen LogP contribution in [-0.2, 0) is 11.3 Å². The number of amides is 1. The quantitative estimate of drug-likeness (QED) is 0.905. The van der Waals surface area contributed by atoms with Gasteiger partial charge in [-0.3, -0.25) is 14.7 Å². The van der Waals surface area contributed by atoms with Gasteiger partial charge in [-0.1, -0.05) is 13.0 Å². The Bertz CT molecular complexity index is 522. The van der Waals surface area contributed by atoms with Crippen LogP contribution < -0.4 is 5.32 Å². The molecule has 1 aliphatic heterocycles. The smallest absolute Gasteiger partial charge is 0.252 e. The molecule has 1 fully saturated rings. The van der Waals surface area contributed by atoms with Crippen LogP contribution in [0.5, 0.6) is 0 Å². The molecular formula is C17H25F2N3O. The summed E-state index contributed by atoms with van der Waals surface area (Å²) in [5.74, 6) is -0.354. The van der Waals surface area contributed by atoms with Crippen LogP contribution in [0.15, 0.2) is 24.4 Å². The van der Waals surface area contributed by atoms with E-state index >= 15 is 0 Å². The number of piperidine rings is 1. The Balaban J connectivity index is 1.88. The van der Waals surface area contributed by atoms with Crippen molar-refractivity contribution in [1.29, 1.82) is 0 Å². The monoisotopic (exact) mass is 325 g/mol. The highest BCUT2D eigenvalue weighted by molar-refractivity contribution is 5.82. The van der Waals surface area contributed by atoms with E-state index in [1.165, 1.54) is 13.8 Å². The van der Waals surface area contributed by atoms with E-state index in [-0.39, 0.29) is 12.0 Å². The van der Waals surface area contributed by atoms with Gasteiger partial charge >= 0.3 is 0 Å². The molecule has 1 aromatic heterocycles. The third-order valence-electron chi connectivity index (χ3n) is 4.55. The maximum absolute atomic E-state index is 12.9. The van der Waals surface area contributed by atoms with Crippen LogP contribution in [0.4, 0.5) is 8.78 Å². The number of rotatable bonds is 5. The number of alkyl halides is 2. The summed E-state index contributed by atoms with van der Waals surface area (Å²) in [6.07, 6.45) is -0.126. The number of halogens is 2. The minimum absolute atomic E-state index is 0.0551. The largest absolute Gasteiger partial charge is 0.352 e. The molecule has 0 bridgehead atoms. The van der Waals surface area contributed by atoms with E-state index in [9.17, 15) is 13.6 Å². The van der Waals surface area contributed by atoms with Crippen molar-refractivity contribution in [2.45, 2.75) is 46.2 Å². The number of carbonyl (C=O) groups excluding carboxylic acids is 1. The van der Waals surface area contributed by atoms with Crippen molar-refractivity contribution < 1.29 is 13.6 Å². The molecule has 1 aliphatic rings. The second-order valence-corrected chi connectivity index (χ2v) is 6.92. The van der Waals surface area contributed by atoms with Crippen molar-refractivity contribution in [3.63, 3.8) is 0 Å². The van der Waals surface area contributed by atoms with Crippen molar-refractivity contribution in [3.05, 3.63) is 30.1 Å². The molecule has 1 amide bonds. The van der Waals surface area contributed by atoms with E-state index in [1.807, 2.05) is 25.1 Å². The summed E-state index contributed by atoms with van der Waals surface area (Å²) in [6.45, 7) is 7.03. The molecular weight excluding hydrogens is 300 g/mol. The van der Waals surface area contributed by atoms with Gasteiger partial charge in [0.15, 0.2) is 0 Å². The fourth-order valence-electron chi connectivity index (χ4n) is 2.76. The maximum Gasteiger partial charge on any atom is 0.252 e. The van der Waals surface area contributed by atoms with Gasteiger partial charge in [0.05, 0.1) is 5.69 Å². The molecule has 128 valence electrons. The summed E-state index contributed by atoms with van der Waals surface area (Å²) < 4.78 is 25.9. The first-order chi connectivity index (χ1) is 10.8. The van der Waals surface area contributed by atoms with Gasteiger partial charge in [0.2, 0.25) is 5.91 Å². The molecule has 1 N–H and O–H groups in total. The molecule has 4 nitrogen and oxygen atoms in total. The van der Waals surface area contributed by atoms with Gasteiger partial charge in [-0.25, -0.2) is 8.78 Å². The highest BCUT2D eigenvalue weighted by atomic mass is 19.3. The SMILES string of the molecule is CC1CN(Cc2ccccn2)CCC1NC(=O)C(C)(C)C(F)F. The fourth-order valence-corrected chi connectivity index (χ4v) is 2.76. The Labute approximate surface area is 136 Å². The number of nitrogens with zero attached hydrogens (tertiary/aromatic N) is 2. The number of carbonyl (C=O) groups is 1. The molecule has 0 aromatic carbocycles. The molecule has 2 rings (SSSR count). The second-order valence-electron chi connectivity index (χ2n) is 6.92. The van der Waals surface area contributed by atoms with E-state index in [2.05, 4.69) is 15.2 Å². The van der Waals surface area contributed by atoms with E-state index < -0.39 is 17.7 Å². The van der Waals surface area contributed by atoms with Crippen molar-refractivity contribution in [2.24, 2.45) is 11.3 Å². The third-order valence-corrected chi connectivity index (χ3v) is 4.55. The highest BCUT2D eigenvalue weighted by Gasteiger charge is 2.39. The predicted octanol–water partition coefficient (Wildman–Crippen LogP) is 2.70. The lowest BCUT2D eigenvalue weighted by molar-refractivity contribution is -0.139. The van der Waals surface area contributed by atoms with Crippen LogP contribution in [0, 0.1) is 11.3 Å². The fraction of sp³-hybridized carbons (Fsp3) is 0.647. The lowest BCUT2D eigenvalue weighted by Crippen LogP contribution is -2.53. The van der Waals surface area contributed by atoms with Gasteiger partial charge in [0.1, 0.15) is 5.41 Å². The van der Waals surface area contributed by atoms with Crippen LogP contribution in [-0.4, -0.2) is 41.3 Å². The average Bonchev–Trinajstić information content (AvgIpc) is 2.50. The third kappa shape index (κ3) is 4.47. The summed E-state index contributed by atoms with van der Waals surface area (Å²) >= 11 is 0. The first-order valence-corrected chi connectivity index (χ1v) is 8.02. The lowest BCUT2D eigenvalue weighted by atomic mass is 9.89. The van der Waals surface area contributed by atoms with E-state index in [0.29, 0.717) is 0 Å². The number of likely N-dealkylation sites (tertiary alicyclic amines) is 1. The summed E-state index contributed by atoms with van der Waals surface area (Å²) in [6, 6.07) is 5.79. The molecule has 0 saturated carbocycles. The first-order valence-electron chi connectivity index (χ1n) is 8.02. The number of nitrogens with one attached hydrogen (secondary N) is 1. The van der Waals surface area contributed by atoms with Crippen molar-refractivity contribution in [2.75, 3.05) is 13.1 Å². The standard InChI is InChI=1S/C17H25F2N3O/c1-12-10-22(11-13-6-4-5-8-20-13)9-7-14(12)21-16(23)17(2,3)15(18)19/h4-6,8,12,14-15H,7,9-11H2,1-3H3,(H,21,23). The molecule has 1 saturated heterocycles. The van der Waals surface area contributed by atoms with Crippen LogP contribution in [0.2, 0.25) is 0 Å². The minimum Gasteiger partial charge on any atom is -0.352 e. The van der Waals surface area contributed by atoms with Gasteiger partial charge in [0, 0.05) is 31.9 Å². The van der Waals surface area contributed by atoms with Gasteiger partial charge in [-0.15, -0.1) is 0 Å². The zero-order valence-electron chi connectivity index (χ0n) is 13.9. The molecule has 2 unspecified atom stereocenters. The van der Waals surface area contributed by atoms with Crippen LogP contribution >= 0.6 is 0 Å². The van der Waals surface area contributed by atoms with Crippen LogP contribution in [0.1, 0.15) is 32.9 Å². The molecule has 0 radical (unpaired) electrons. The first kappa shape index (κ1) is 17.8. The zero-order valence-corrected chi connectivity index (χ0v) is 13.9. The Morgan fingerprint density at radius 1 is 1.48 bits per heavy atom. The Morgan fingerprint density at radius 2 is 2.22 bits per heavy atom. The predicted molar refractivity (Wildman–Crippen MR) is 85.0 cm³/mol. The molecule has 23 heavy (non-hydrogen) atoms. The molecule has 0 aliphatic carbocycles. The lowest BCUT2D eigenvalue weighted by Gasteiger charge is -2.38. The van der Waals surface area contributed by atoms with Gasteiger partial charge in [0.25, 0.3) is 6.43 Å². The number of hydrogen-bond donors (Lipinski definition) is 1. The van der Waals surface area contributed by atoms with Gasteiger partial charge in [-0.05, 0) is 38.3 Å². The van der Waals surface area contributed by atoms with E-state index in [0.717, 1.165) is 31.7 Å². The van der Waals surface area contributed by atoms with Crippen molar-refractivity contribution >= 4 is 5.91 Å². The summed E-state index contributed by atoms with van der Waals surface area (Å²) in [5.41, 5.74) is -0.633. The molecule has 0 spiro atoms. The molecule has 2 atom stereocenters. The van der Waals surface area contributed by atoms with Gasteiger partial charge < -0.3 is 5.32 Å². The summed E-state index contributed by atoms with van der Waals surface area (Å²) in [5, 5.41) is 2.81. The number of hydrogen-bond acceptors (Lipinski definition) is 3. The van der Waals surface area contributed by atoms with Crippen molar-refractivity contribution in [1.82, 2.24) is 15.2 Å². The van der Waals surface area contributed by atoms with Crippen LogP contribution in [0.25, 0.3) is 0 Å². The maximum atomic E-state index is 12.9. The number of pyridine rings is 1. The van der Waals surface area contributed by atoms with E-state index in [4.69, 9.17) is 0 Å². The van der Waals surface area contributed by atoms with Crippen LogP contribution in [0.3, 0.4) is 0 Å². The Hall–Kier alpha value is -1.56. The highest BCUT2D eigenvalue weighted by Crippen LogP contribution is 2.26.